The fourth-order valence-corrected chi connectivity index (χ4v) is 2.49. The summed E-state index contributed by atoms with van der Waals surface area (Å²) < 4.78 is 1.05. The van der Waals surface area contributed by atoms with E-state index in [9.17, 15) is 0 Å². The molecular weight excluding hydrogens is 274 g/mol. The van der Waals surface area contributed by atoms with Gasteiger partial charge < -0.3 is 11.1 Å². The van der Waals surface area contributed by atoms with E-state index in [-0.39, 0.29) is 0 Å². The van der Waals surface area contributed by atoms with E-state index in [1.807, 2.05) is 13.0 Å². The molecule has 0 aliphatic carbocycles. The van der Waals surface area contributed by atoms with E-state index >= 15 is 0 Å². The second-order valence-electron chi connectivity index (χ2n) is 3.21. The second kappa shape index (κ2) is 4.20. The third-order valence-corrected chi connectivity index (χ3v) is 3.02. The number of anilines is 3. The van der Waals surface area contributed by atoms with Crippen LogP contribution in [0.15, 0.2) is 28.9 Å². The highest BCUT2D eigenvalue weighted by molar-refractivity contribution is 9.10. The fourth-order valence-electron chi connectivity index (χ4n) is 1.28. The Balaban J connectivity index is 2.24. The SMILES string of the molecule is Cc1cc(Br)cc(Nc2ncc(N)s2)c1. The van der Waals surface area contributed by atoms with Gasteiger partial charge in [0, 0.05) is 10.2 Å². The molecule has 0 aliphatic rings. The monoisotopic (exact) mass is 283 g/mol. The third-order valence-electron chi connectivity index (χ3n) is 1.82. The number of benzene rings is 1. The number of aromatic nitrogens is 1. The summed E-state index contributed by atoms with van der Waals surface area (Å²) in [5, 5.41) is 4.73. The highest BCUT2D eigenvalue weighted by Crippen LogP contribution is 2.26. The molecule has 0 saturated carbocycles. The van der Waals surface area contributed by atoms with Crippen LogP contribution in [0.4, 0.5) is 15.8 Å². The van der Waals surface area contributed by atoms with Crippen molar-refractivity contribution in [3.05, 3.63) is 34.4 Å². The second-order valence-corrected chi connectivity index (χ2v) is 5.19. The van der Waals surface area contributed by atoms with Gasteiger partial charge in [0.05, 0.1) is 6.20 Å². The van der Waals surface area contributed by atoms with Gasteiger partial charge in [0.2, 0.25) is 0 Å². The van der Waals surface area contributed by atoms with Gasteiger partial charge in [-0.1, -0.05) is 27.3 Å². The number of thiazole rings is 1. The quantitative estimate of drug-likeness (QED) is 0.886. The Hall–Kier alpha value is -1.07. The molecule has 2 rings (SSSR count). The largest absolute Gasteiger partial charge is 0.389 e. The van der Waals surface area contributed by atoms with Crippen LogP contribution in [0.3, 0.4) is 0 Å². The van der Waals surface area contributed by atoms with Crippen molar-refractivity contribution in [2.75, 3.05) is 11.1 Å². The highest BCUT2D eigenvalue weighted by Gasteiger charge is 2.01. The highest BCUT2D eigenvalue weighted by atomic mass is 79.9. The Kier molecular flexibility index (Phi) is 2.93. The average molecular weight is 284 g/mol. The molecule has 1 heterocycles. The van der Waals surface area contributed by atoms with E-state index in [1.165, 1.54) is 16.9 Å². The van der Waals surface area contributed by atoms with Gasteiger partial charge in [0.15, 0.2) is 5.13 Å². The molecule has 0 atom stereocenters. The van der Waals surface area contributed by atoms with E-state index in [0.29, 0.717) is 5.00 Å². The van der Waals surface area contributed by atoms with Crippen molar-refractivity contribution in [2.24, 2.45) is 0 Å². The van der Waals surface area contributed by atoms with Crippen molar-refractivity contribution in [2.45, 2.75) is 6.92 Å². The maximum atomic E-state index is 5.60. The van der Waals surface area contributed by atoms with Crippen molar-refractivity contribution in [1.82, 2.24) is 4.98 Å². The summed E-state index contributed by atoms with van der Waals surface area (Å²) in [6, 6.07) is 6.12. The zero-order valence-corrected chi connectivity index (χ0v) is 10.5. The van der Waals surface area contributed by atoms with Crippen LogP contribution >= 0.6 is 27.3 Å². The summed E-state index contributed by atoms with van der Waals surface area (Å²) >= 11 is 4.88. The maximum absolute atomic E-state index is 5.60. The van der Waals surface area contributed by atoms with Crippen LogP contribution in [0.2, 0.25) is 0 Å². The Labute approximate surface area is 100 Å². The van der Waals surface area contributed by atoms with Crippen LogP contribution in [-0.4, -0.2) is 4.98 Å². The minimum absolute atomic E-state index is 0.712. The fraction of sp³-hybridized carbons (Fsp3) is 0.100. The van der Waals surface area contributed by atoms with Crippen molar-refractivity contribution in [1.29, 1.82) is 0 Å². The van der Waals surface area contributed by atoms with Crippen LogP contribution in [0.5, 0.6) is 0 Å². The first-order chi connectivity index (χ1) is 7.13. The van der Waals surface area contributed by atoms with Crippen LogP contribution in [-0.2, 0) is 0 Å². The molecule has 1 aromatic carbocycles. The molecule has 5 heteroatoms. The number of nitrogens with one attached hydrogen (secondary N) is 1. The van der Waals surface area contributed by atoms with Crippen molar-refractivity contribution < 1.29 is 0 Å². The molecule has 0 unspecified atom stereocenters. The molecule has 1 aromatic heterocycles. The van der Waals surface area contributed by atoms with E-state index in [4.69, 9.17) is 5.73 Å². The number of hydrogen-bond acceptors (Lipinski definition) is 4. The summed E-state index contributed by atoms with van der Waals surface area (Å²) in [4.78, 5) is 4.14. The molecule has 0 spiro atoms. The standard InChI is InChI=1S/C10H10BrN3S/c1-6-2-7(11)4-8(3-6)14-10-13-5-9(12)15-10/h2-5H,12H2,1H3,(H,13,14). The average Bonchev–Trinajstić information content (AvgIpc) is 2.49. The van der Waals surface area contributed by atoms with Gasteiger partial charge in [-0.2, -0.15) is 0 Å². The first-order valence-corrected chi connectivity index (χ1v) is 6.00. The summed E-state index contributed by atoms with van der Waals surface area (Å²) in [5.74, 6) is 0. The predicted octanol–water partition coefficient (Wildman–Crippen LogP) is 3.54. The minimum Gasteiger partial charge on any atom is -0.389 e. The summed E-state index contributed by atoms with van der Waals surface area (Å²) in [6.45, 7) is 2.05. The molecule has 0 amide bonds. The Bertz CT molecular complexity index is 461. The lowest BCUT2D eigenvalue weighted by molar-refractivity contribution is 1.37. The van der Waals surface area contributed by atoms with Crippen molar-refractivity contribution in [3.8, 4) is 0 Å². The van der Waals surface area contributed by atoms with Crippen molar-refractivity contribution >= 4 is 43.1 Å². The minimum atomic E-state index is 0.712. The first kappa shape index (κ1) is 10.4. The Morgan fingerprint density at radius 3 is 2.80 bits per heavy atom. The van der Waals surface area contributed by atoms with Gasteiger partial charge in [-0.05, 0) is 30.7 Å². The molecule has 0 aliphatic heterocycles. The van der Waals surface area contributed by atoms with E-state index in [1.54, 1.807) is 6.20 Å². The molecule has 78 valence electrons. The third kappa shape index (κ3) is 2.70. The van der Waals surface area contributed by atoms with Crippen LogP contribution in [0, 0.1) is 6.92 Å². The molecular formula is C10H10BrN3S. The van der Waals surface area contributed by atoms with E-state index < -0.39 is 0 Å². The smallest absolute Gasteiger partial charge is 0.189 e. The molecule has 3 N–H and O–H groups in total. The van der Waals surface area contributed by atoms with Gasteiger partial charge in [-0.15, -0.1) is 0 Å². The summed E-state index contributed by atoms with van der Waals surface area (Å²) in [6.07, 6.45) is 1.65. The Morgan fingerprint density at radius 1 is 1.40 bits per heavy atom. The predicted molar refractivity (Wildman–Crippen MR) is 68.7 cm³/mol. The van der Waals surface area contributed by atoms with Gasteiger partial charge in [-0.25, -0.2) is 4.98 Å². The summed E-state index contributed by atoms with van der Waals surface area (Å²) in [7, 11) is 0. The zero-order valence-electron chi connectivity index (χ0n) is 8.12. The van der Waals surface area contributed by atoms with Crippen LogP contribution in [0.1, 0.15) is 5.56 Å². The molecule has 2 aromatic rings. The zero-order chi connectivity index (χ0) is 10.8. The molecule has 3 nitrogen and oxygen atoms in total. The van der Waals surface area contributed by atoms with E-state index in [0.717, 1.165) is 15.3 Å². The molecule has 0 bridgehead atoms. The maximum Gasteiger partial charge on any atom is 0.189 e. The number of rotatable bonds is 2. The van der Waals surface area contributed by atoms with Gasteiger partial charge in [-0.3, -0.25) is 0 Å². The number of halogens is 1. The lowest BCUT2D eigenvalue weighted by atomic mass is 10.2. The molecule has 15 heavy (non-hydrogen) atoms. The van der Waals surface area contributed by atoms with Gasteiger partial charge in [0.25, 0.3) is 0 Å². The van der Waals surface area contributed by atoms with Crippen molar-refractivity contribution in [3.63, 3.8) is 0 Å². The number of nitrogens with two attached hydrogens (primary N) is 1. The molecule has 0 radical (unpaired) electrons. The lowest BCUT2D eigenvalue weighted by Crippen LogP contribution is -1.89. The normalized spacial score (nSPS) is 10.3. The number of nitrogen functional groups attached to an aromatic ring is 1. The molecule has 0 saturated heterocycles. The lowest BCUT2D eigenvalue weighted by Gasteiger charge is -2.04. The first-order valence-electron chi connectivity index (χ1n) is 4.39. The van der Waals surface area contributed by atoms with Gasteiger partial charge >= 0.3 is 0 Å². The number of hydrogen-bond donors (Lipinski definition) is 2. The van der Waals surface area contributed by atoms with E-state index in [2.05, 4.69) is 38.4 Å². The van der Waals surface area contributed by atoms with Crippen LogP contribution < -0.4 is 11.1 Å². The number of nitrogens with zero attached hydrogens (tertiary/aromatic N) is 1. The Morgan fingerprint density at radius 2 is 2.20 bits per heavy atom. The number of aryl methyl sites for hydroxylation is 1. The van der Waals surface area contributed by atoms with Gasteiger partial charge in [0.1, 0.15) is 5.00 Å². The summed E-state index contributed by atoms with van der Waals surface area (Å²) in [5.41, 5.74) is 7.80. The topological polar surface area (TPSA) is 50.9 Å². The van der Waals surface area contributed by atoms with Crippen LogP contribution in [0.25, 0.3) is 0 Å². The molecule has 0 fully saturated rings.